The lowest BCUT2D eigenvalue weighted by Crippen LogP contribution is -3.16. The molecule has 2 atom stereocenters. The highest BCUT2D eigenvalue weighted by molar-refractivity contribution is 5.91. The molecule has 0 spiro atoms. The lowest BCUT2D eigenvalue weighted by atomic mass is 10.0. The molecule has 1 aromatic rings. The van der Waals surface area contributed by atoms with Gasteiger partial charge >= 0.3 is 0 Å². The van der Waals surface area contributed by atoms with E-state index in [0.29, 0.717) is 0 Å². The van der Waals surface area contributed by atoms with Crippen LogP contribution < -0.4 is 15.0 Å². The minimum absolute atomic E-state index is 0.0255. The zero-order valence-electron chi connectivity index (χ0n) is 14.3. The van der Waals surface area contributed by atoms with Gasteiger partial charge in [-0.05, 0) is 50.0 Å². The Bertz CT molecular complexity index is 511. The van der Waals surface area contributed by atoms with Gasteiger partial charge in [0.2, 0.25) is 5.91 Å². The highest BCUT2D eigenvalue weighted by Gasteiger charge is 2.20. The minimum Gasteiger partial charge on any atom is -0.497 e. The van der Waals surface area contributed by atoms with Crippen LogP contribution in [0.4, 0.5) is 0 Å². The van der Waals surface area contributed by atoms with E-state index in [1.165, 1.54) is 25.8 Å². The molecule has 0 aliphatic carbocycles. The number of nitrogens with one attached hydrogen (secondary N) is 2. The van der Waals surface area contributed by atoms with Crippen molar-refractivity contribution in [1.82, 2.24) is 5.32 Å². The van der Waals surface area contributed by atoms with Crippen molar-refractivity contribution in [2.24, 2.45) is 0 Å². The molecule has 1 unspecified atom stereocenters. The Morgan fingerprint density at radius 3 is 2.83 bits per heavy atom. The van der Waals surface area contributed by atoms with Crippen molar-refractivity contribution >= 4 is 12.0 Å². The van der Waals surface area contributed by atoms with Gasteiger partial charge in [0.05, 0.1) is 26.2 Å². The number of quaternary nitrogens is 1. The molecule has 4 nitrogen and oxygen atoms in total. The van der Waals surface area contributed by atoms with Crippen LogP contribution >= 0.6 is 0 Å². The summed E-state index contributed by atoms with van der Waals surface area (Å²) in [6, 6.07) is 8.42. The van der Waals surface area contributed by atoms with Gasteiger partial charge in [-0.1, -0.05) is 12.1 Å². The van der Waals surface area contributed by atoms with Crippen molar-refractivity contribution < 1.29 is 14.4 Å². The molecule has 0 saturated carbocycles. The molecule has 1 aliphatic rings. The zero-order valence-corrected chi connectivity index (χ0v) is 14.3. The summed E-state index contributed by atoms with van der Waals surface area (Å²) in [5.41, 5.74) is 0.993. The van der Waals surface area contributed by atoms with Crippen molar-refractivity contribution in [3.05, 3.63) is 35.9 Å². The van der Waals surface area contributed by atoms with Crippen LogP contribution in [0, 0.1) is 0 Å². The van der Waals surface area contributed by atoms with Crippen molar-refractivity contribution in [3.63, 3.8) is 0 Å². The highest BCUT2D eigenvalue weighted by Crippen LogP contribution is 2.12. The van der Waals surface area contributed by atoms with Crippen LogP contribution in [0.1, 0.15) is 38.2 Å². The van der Waals surface area contributed by atoms with Gasteiger partial charge in [-0.15, -0.1) is 0 Å². The van der Waals surface area contributed by atoms with E-state index < -0.39 is 0 Å². The Labute approximate surface area is 139 Å². The van der Waals surface area contributed by atoms with E-state index in [1.54, 1.807) is 18.1 Å². The summed E-state index contributed by atoms with van der Waals surface area (Å²) in [7, 11) is 1.64. The molecular weight excluding hydrogens is 288 g/mol. The van der Waals surface area contributed by atoms with Crippen molar-refractivity contribution in [2.75, 3.05) is 26.7 Å². The summed E-state index contributed by atoms with van der Waals surface area (Å²) >= 11 is 0. The third-order valence-electron chi connectivity index (χ3n) is 4.60. The van der Waals surface area contributed by atoms with Gasteiger partial charge in [0.1, 0.15) is 5.75 Å². The molecule has 4 heteroatoms. The smallest absolute Gasteiger partial charge is 0.244 e. The molecule has 1 aliphatic heterocycles. The highest BCUT2D eigenvalue weighted by atomic mass is 16.5. The second-order valence-electron chi connectivity index (χ2n) is 6.31. The number of likely N-dealkylation sites (tertiary alicyclic amines) is 1. The summed E-state index contributed by atoms with van der Waals surface area (Å²) < 4.78 is 5.11. The number of carbonyl (C=O) groups is 1. The van der Waals surface area contributed by atoms with E-state index in [-0.39, 0.29) is 5.91 Å². The fourth-order valence-electron chi connectivity index (χ4n) is 3.10. The van der Waals surface area contributed by atoms with Crippen LogP contribution in [0.5, 0.6) is 5.75 Å². The Morgan fingerprint density at radius 1 is 1.35 bits per heavy atom. The quantitative estimate of drug-likeness (QED) is 0.593. The molecule has 0 bridgehead atoms. The van der Waals surface area contributed by atoms with Gasteiger partial charge in [-0.25, -0.2) is 0 Å². The lowest BCUT2D eigenvalue weighted by Gasteiger charge is -2.30. The SMILES string of the molecule is COc1ccc(/C=C/C(=O)NCCC[NH+]2CCCC[C@@H]2C)cc1. The van der Waals surface area contributed by atoms with Gasteiger partial charge in [-0.2, -0.15) is 0 Å². The summed E-state index contributed by atoms with van der Waals surface area (Å²) in [4.78, 5) is 13.5. The molecular formula is C19H29N2O2+. The lowest BCUT2D eigenvalue weighted by molar-refractivity contribution is -0.928. The average Bonchev–Trinajstić information content (AvgIpc) is 2.59. The number of hydrogen-bond donors (Lipinski definition) is 2. The fraction of sp³-hybridized carbons (Fsp3) is 0.526. The maximum absolute atomic E-state index is 11.8. The third kappa shape index (κ3) is 6.06. The first kappa shape index (κ1) is 17.5. The normalized spacial score (nSPS) is 21.3. The second-order valence-corrected chi connectivity index (χ2v) is 6.31. The molecule has 1 heterocycles. The van der Waals surface area contributed by atoms with Gasteiger partial charge < -0.3 is 15.0 Å². The predicted octanol–water partition coefficient (Wildman–Crippen LogP) is 1.67. The van der Waals surface area contributed by atoms with Gasteiger partial charge in [-0.3, -0.25) is 4.79 Å². The molecule has 126 valence electrons. The molecule has 0 aromatic heterocycles. The van der Waals surface area contributed by atoms with E-state index in [4.69, 9.17) is 4.74 Å². The monoisotopic (exact) mass is 317 g/mol. The van der Waals surface area contributed by atoms with Gasteiger partial charge in [0.25, 0.3) is 0 Å². The number of methoxy groups -OCH3 is 1. The first-order chi connectivity index (χ1) is 11.2. The zero-order chi connectivity index (χ0) is 16.5. The van der Waals surface area contributed by atoms with Crippen LogP contribution in [0.15, 0.2) is 30.3 Å². The van der Waals surface area contributed by atoms with E-state index in [1.807, 2.05) is 30.3 Å². The second kappa shape index (κ2) is 9.36. The van der Waals surface area contributed by atoms with Crippen molar-refractivity contribution in [3.8, 4) is 5.75 Å². The Hall–Kier alpha value is -1.81. The fourth-order valence-corrected chi connectivity index (χ4v) is 3.10. The molecule has 23 heavy (non-hydrogen) atoms. The number of hydrogen-bond acceptors (Lipinski definition) is 2. The number of amides is 1. The van der Waals surface area contributed by atoms with Crippen LogP contribution in [0.2, 0.25) is 0 Å². The number of ether oxygens (including phenoxy) is 1. The van der Waals surface area contributed by atoms with Gasteiger partial charge in [0, 0.05) is 19.0 Å². The molecule has 0 radical (unpaired) electrons. The molecule has 1 aromatic carbocycles. The Balaban J connectivity index is 1.65. The molecule has 2 N–H and O–H groups in total. The summed E-state index contributed by atoms with van der Waals surface area (Å²) in [6.07, 6.45) is 8.52. The third-order valence-corrected chi connectivity index (χ3v) is 4.60. The van der Waals surface area contributed by atoms with E-state index in [0.717, 1.165) is 36.9 Å². The van der Waals surface area contributed by atoms with E-state index >= 15 is 0 Å². The molecule has 1 amide bonds. The summed E-state index contributed by atoms with van der Waals surface area (Å²) in [6.45, 7) is 5.53. The number of benzene rings is 1. The van der Waals surface area contributed by atoms with Gasteiger partial charge in [0.15, 0.2) is 0 Å². The number of carbonyl (C=O) groups excluding carboxylic acids is 1. The van der Waals surface area contributed by atoms with Crippen LogP contribution in [0.3, 0.4) is 0 Å². The predicted molar refractivity (Wildman–Crippen MR) is 93.7 cm³/mol. The summed E-state index contributed by atoms with van der Waals surface area (Å²) in [5, 5.41) is 2.97. The molecule has 2 rings (SSSR count). The van der Waals surface area contributed by atoms with Crippen LogP contribution in [-0.4, -0.2) is 38.7 Å². The van der Waals surface area contributed by atoms with Crippen molar-refractivity contribution in [2.45, 2.75) is 38.6 Å². The average molecular weight is 317 g/mol. The molecule has 1 saturated heterocycles. The number of rotatable bonds is 7. The Morgan fingerprint density at radius 2 is 2.13 bits per heavy atom. The van der Waals surface area contributed by atoms with E-state index in [9.17, 15) is 4.79 Å². The van der Waals surface area contributed by atoms with Crippen molar-refractivity contribution in [1.29, 1.82) is 0 Å². The summed E-state index contributed by atoms with van der Waals surface area (Å²) in [5.74, 6) is 0.795. The minimum atomic E-state index is -0.0255. The largest absolute Gasteiger partial charge is 0.497 e. The first-order valence-corrected chi connectivity index (χ1v) is 8.63. The van der Waals surface area contributed by atoms with E-state index in [2.05, 4.69) is 12.2 Å². The molecule has 1 fully saturated rings. The van der Waals surface area contributed by atoms with Crippen LogP contribution in [-0.2, 0) is 4.79 Å². The first-order valence-electron chi connectivity index (χ1n) is 8.63. The standard InChI is InChI=1S/C19H28N2O2/c1-16-6-3-4-14-21(16)15-5-13-20-19(22)12-9-17-7-10-18(23-2)11-8-17/h7-12,16H,3-6,13-15H2,1-2H3,(H,20,22)/p+1/b12-9+/t16-/m0/s1. The Kier molecular flexibility index (Phi) is 7.14. The topological polar surface area (TPSA) is 42.8 Å². The maximum atomic E-state index is 11.8. The van der Waals surface area contributed by atoms with Crippen LogP contribution in [0.25, 0.3) is 6.08 Å². The maximum Gasteiger partial charge on any atom is 0.244 e. The number of piperidine rings is 1.